The van der Waals surface area contributed by atoms with Crippen molar-refractivity contribution in [3.63, 3.8) is 0 Å². The Morgan fingerprint density at radius 3 is 1.93 bits per heavy atom. The first-order chi connectivity index (χ1) is 26.7. The van der Waals surface area contributed by atoms with Crippen molar-refractivity contribution in [2.24, 2.45) is 5.73 Å². The standard InChI is InChI=1S/C42H49Br2N7O4/c43-33-27-30(28-34(44)38(33)52)29-36(48-41(55)51-21-17-42(18-22-51,31-11-3-1-4-12-31)32-13-5-2-6-14-32)39(53)47-35(15-7-9-19-45)40(54)50-25-23-49(24-26-50)37-16-8-10-20-46-37/h1-6,8,10-14,16,20,27-28,35-36,52H,7,9,15,17-19,21-26,29,45H2,(H,47,53)(H,48,55)/t35-,36+/m0/s1. The fourth-order valence-electron chi connectivity index (χ4n) is 7.71. The summed E-state index contributed by atoms with van der Waals surface area (Å²) in [6.07, 6.45) is 5.12. The summed E-state index contributed by atoms with van der Waals surface area (Å²) >= 11 is 6.80. The first kappa shape index (κ1) is 40.2. The number of urea groups is 1. The summed E-state index contributed by atoms with van der Waals surface area (Å²) in [5.74, 6) is 0.302. The number of phenolic OH excluding ortho intramolecular Hbond substituents is 1. The number of amides is 4. The van der Waals surface area contributed by atoms with Crippen molar-refractivity contribution in [3.05, 3.63) is 123 Å². The van der Waals surface area contributed by atoms with E-state index >= 15 is 0 Å². The van der Waals surface area contributed by atoms with Crippen molar-refractivity contribution in [2.45, 2.75) is 56.0 Å². The van der Waals surface area contributed by atoms with Crippen LogP contribution >= 0.6 is 31.9 Å². The van der Waals surface area contributed by atoms with Crippen LogP contribution in [0.25, 0.3) is 0 Å². The second kappa shape index (κ2) is 18.9. The number of benzene rings is 3. The summed E-state index contributed by atoms with van der Waals surface area (Å²) in [6.45, 7) is 3.71. The topological polar surface area (TPSA) is 144 Å². The number of carbonyl (C=O) groups is 3. The van der Waals surface area contributed by atoms with Crippen molar-refractivity contribution in [3.8, 4) is 5.75 Å². The number of phenols is 1. The Balaban J connectivity index is 1.18. The Bertz CT molecular complexity index is 1820. The van der Waals surface area contributed by atoms with E-state index in [1.165, 1.54) is 11.1 Å². The maximum atomic E-state index is 14.3. The highest BCUT2D eigenvalue weighted by atomic mass is 79.9. The Kier molecular flexibility index (Phi) is 13.8. The second-order valence-electron chi connectivity index (χ2n) is 14.3. The van der Waals surface area contributed by atoms with Gasteiger partial charge in [-0.05, 0) is 111 Å². The summed E-state index contributed by atoms with van der Waals surface area (Å²) in [5, 5.41) is 16.4. The quantitative estimate of drug-likeness (QED) is 0.121. The number of unbranched alkanes of at least 4 members (excludes halogenated alkanes) is 1. The molecule has 55 heavy (non-hydrogen) atoms. The molecule has 4 aromatic rings. The number of nitrogens with zero attached hydrogens (tertiary/aromatic N) is 4. The van der Waals surface area contributed by atoms with Gasteiger partial charge in [0, 0.05) is 57.3 Å². The van der Waals surface area contributed by atoms with Crippen LogP contribution in [0.3, 0.4) is 0 Å². The number of anilines is 1. The molecule has 3 heterocycles. The highest BCUT2D eigenvalue weighted by Crippen LogP contribution is 2.41. The van der Waals surface area contributed by atoms with Crippen LogP contribution in [0, 0.1) is 0 Å². The molecule has 0 saturated carbocycles. The lowest BCUT2D eigenvalue weighted by molar-refractivity contribution is -0.137. The lowest BCUT2D eigenvalue weighted by Crippen LogP contribution is -2.59. The molecule has 6 rings (SSSR count). The molecule has 2 atom stereocenters. The number of nitrogens with one attached hydrogen (secondary N) is 2. The van der Waals surface area contributed by atoms with Crippen LogP contribution in [0.5, 0.6) is 5.75 Å². The molecule has 1 aromatic heterocycles. The number of halogens is 2. The number of hydrogen-bond donors (Lipinski definition) is 4. The molecule has 2 aliphatic rings. The Morgan fingerprint density at radius 2 is 1.36 bits per heavy atom. The number of aromatic nitrogens is 1. The summed E-state index contributed by atoms with van der Waals surface area (Å²) < 4.78 is 0.910. The molecule has 290 valence electrons. The minimum atomic E-state index is -1.00. The number of likely N-dealkylation sites (tertiary alicyclic amines) is 1. The zero-order valence-corrected chi connectivity index (χ0v) is 34.1. The van der Waals surface area contributed by atoms with E-state index < -0.39 is 18.0 Å². The molecule has 13 heteroatoms. The van der Waals surface area contributed by atoms with Crippen LogP contribution in [-0.4, -0.2) is 95.6 Å². The number of nitrogens with two attached hydrogens (primary N) is 1. The Hall–Kier alpha value is -4.46. The van der Waals surface area contributed by atoms with Gasteiger partial charge in [-0.3, -0.25) is 9.59 Å². The van der Waals surface area contributed by atoms with Crippen LogP contribution in [0.15, 0.2) is 106 Å². The molecule has 0 aliphatic carbocycles. The number of rotatable bonds is 13. The van der Waals surface area contributed by atoms with Crippen LogP contribution < -0.4 is 21.3 Å². The Labute approximate surface area is 339 Å². The predicted molar refractivity (Wildman–Crippen MR) is 222 cm³/mol. The highest BCUT2D eigenvalue weighted by Gasteiger charge is 2.40. The molecule has 0 unspecified atom stereocenters. The van der Waals surface area contributed by atoms with E-state index in [0.717, 1.165) is 5.82 Å². The number of piperidine rings is 1. The van der Waals surface area contributed by atoms with Crippen LogP contribution in [0.2, 0.25) is 0 Å². The summed E-state index contributed by atoms with van der Waals surface area (Å²) in [5.41, 5.74) is 8.70. The molecule has 0 spiro atoms. The largest absolute Gasteiger partial charge is 0.506 e. The molecule has 0 radical (unpaired) electrons. The van der Waals surface area contributed by atoms with E-state index in [-0.39, 0.29) is 29.5 Å². The van der Waals surface area contributed by atoms with Gasteiger partial charge in [-0.25, -0.2) is 9.78 Å². The van der Waals surface area contributed by atoms with Crippen LogP contribution in [0.4, 0.5) is 10.6 Å². The molecule has 11 nitrogen and oxygen atoms in total. The Morgan fingerprint density at radius 1 is 0.764 bits per heavy atom. The molecular weight excluding hydrogens is 826 g/mol. The number of piperazine rings is 1. The van der Waals surface area contributed by atoms with E-state index in [4.69, 9.17) is 5.73 Å². The molecule has 0 bridgehead atoms. The SMILES string of the molecule is NCCCC[C@H](NC(=O)[C@@H](Cc1cc(Br)c(O)c(Br)c1)NC(=O)N1CCC(c2ccccc2)(c2ccccc2)CC1)C(=O)N1CCN(c2ccccn2)CC1. The third-order valence-electron chi connectivity index (χ3n) is 10.8. The van der Waals surface area contributed by atoms with E-state index in [1.807, 2.05) is 30.3 Å². The van der Waals surface area contributed by atoms with Gasteiger partial charge in [0.05, 0.1) is 8.95 Å². The maximum Gasteiger partial charge on any atom is 0.318 e. The number of aromatic hydroxyl groups is 1. The van der Waals surface area contributed by atoms with Crippen molar-refractivity contribution >= 4 is 55.5 Å². The van der Waals surface area contributed by atoms with Gasteiger partial charge >= 0.3 is 6.03 Å². The first-order valence-corrected chi connectivity index (χ1v) is 20.6. The van der Waals surface area contributed by atoms with E-state index in [2.05, 4.69) is 101 Å². The predicted octanol–water partition coefficient (Wildman–Crippen LogP) is 5.98. The van der Waals surface area contributed by atoms with Gasteiger partial charge < -0.3 is 36.2 Å². The van der Waals surface area contributed by atoms with Gasteiger partial charge in [-0.1, -0.05) is 66.7 Å². The fraction of sp³-hybridized carbons (Fsp3) is 0.381. The number of hydrogen-bond acceptors (Lipinski definition) is 7. The molecule has 2 aliphatic heterocycles. The van der Waals surface area contributed by atoms with Gasteiger partial charge in [0.15, 0.2) is 0 Å². The molecule has 2 fully saturated rings. The van der Waals surface area contributed by atoms with Gasteiger partial charge in [-0.15, -0.1) is 0 Å². The third kappa shape index (κ3) is 9.86. The molecule has 4 amide bonds. The van der Waals surface area contributed by atoms with Crippen molar-refractivity contribution in [1.29, 1.82) is 0 Å². The third-order valence-corrected chi connectivity index (χ3v) is 12.0. The number of carbonyl (C=O) groups excluding carboxylic acids is 3. The van der Waals surface area contributed by atoms with Crippen molar-refractivity contribution in [1.82, 2.24) is 25.4 Å². The zero-order chi connectivity index (χ0) is 38.8. The lowest BCUT2D eigenvalue weighted by atomic mass is 9.68. The van der Waals surface area contributed by atoms with E-state index in [1.54, 1.807) is 28.1 Å². The molecular formula is C42H49Br2N7O4. The normalized spacial score (nSPS) is 16.6. The zero-order valence-electron chi connectivity index (χ0n) is 30.9. The average molecular weight is 876 g/mol. The summed E-state index contributed by atoms with van der Waals surface area (Å²) in [6, 6.07) is 28.0. The van der Waals surface area contributed by atoms with Crippen LogP contribution in [-0.2, 0) is 21.4 Å². The molecule has 2 saturated heterocycles. The fourth-order valence-corrected chi connectivity index (χ4v) is 8.99. The van der Waals surface area contributed by atoms with E-state index in [0.29, 0.717) is 92.4 Å². The summed E-state index contributed by atoms with van der Waals surface area (Å²) in [4.78, 5) is 52.6. The van der Waals surface area contributed by atoms with Crippen molar-refractivity contribution < 1.29 is 19.5 Å². The monoisotopic (exact) mass is 873 g/mol. The average Bonchev–Trinajstić information content (AvgIpc) is 3.23. The molecule has 5 N–H and O–H groups in total. The van der Waals surface area contributed by atoms with Gasteiger partial charge in [0.25, 0.3) is 0 Å². The minimum Gasteiger partial charge on any atom is -0.506 e. The smallest absolute Gasteiger partial charge is 0.318 e. The maximum absolute atomic E-state index is 14.3. The first-order valence-electron chi connectivity index (χ1n) is 19.0. The van der Waals surface area contributed by atoms with Crippen LogP contribution in [0.1, 0.15) is 48.8 Å². The minimum absolute atomic E-state index is 0.0381. The van der Waals surface area contributed by atoms with Gasteiger partial charge in [0.1, 0.15) is 23.7 Å². The van der Waals surface area contributed by atoms with Crippen molar-refractivity contribution in [2.75, 3.05) is 50.7 Å². The van der Waals surface area contributed by atoms with Gasteiger partial charge in [-0.2, -0.15) is 0 Å². The lowest BCUT2D eigenvalue weighted by Gasteiger charge is -2.43. The summed E-state index contributed by atoms with van der Waals surface area (Å²) in [7, 11) is 0. The highest BCUT2D eigenvalue weighted by molar-refractivity contribution is 9.11. The van der Waals surface area contributed by atoms with Gasteiger partial charge in [0.2, 0.25) is 11.8 Å². The second-order valence-corrected chi connectivity index (χ2v) is 16.0. The molecule has 3 aromatic carbocycles. The number of pyridine rings is 1. The van der Waals surface area contributed by atoms with E-state index in [9.17, 15) is 19.5 Å².